The molecule has 4 rings (SSSR count). The van der Waals surface area contributed by atoms with E-state index in [1.165, 1.54) is 0 Å². The molecule has 2 aromatic rings. The fourth-order valence-corrected chi connectivity index (χ4v) is 4.25. The molecule has 2 fully saturated rings. The van der Waals surface area contributed by atoms with Crippen LogP contribution >= 0.6 is 0 Å². The number of likely N-dealkylation sites (tertiary alicyclic amines) is 1. The third kappa shape index (κ3) is 3.41. The predicted molar refractivity (Wildman–Crippen MR) is 110 cm³/mol. The van der Waals surface area contributed by atoms with E-state index in [9.17, 15) is 9.59 Å². The molecule has 0 aliphatic carbocycles. The van der Waals surface area contributed by atoms with E-state index in [1.54, 1.807) is 5.01 Å². The SMILES string of the molecule is Cc1ccc(NC(=O)C2CN(C)CC3C(=O)N(c4ccccc4)NC23)c(C)c1. The average molecular weight is 378 g/mol. The van der Waals surface area contributed by atoms with Gasteiger partial charge in [0, 0.05) is 18.8 Å². The van der Waals surface area contributed by atoms with Crippen LogP contribution in [0.4, 0.5) is 11.4 Å². The monoisotopic (exact) mass is 378 g/mol. The number of carbonyl (C=O) groups excluding carboxylic acids is 2. The molecular formula is C22H26N4O2. The second kappa shape index (κ2) is 7.37. The lowest BCUT2D eigenvalue weighted by atomic mass is 9.84. The second-order valence-electron chi connectivity index (χ2n) is 7.91. The molecule has 2 aliphatic heterocycles. The number of aryl methyl sites for hydroxylation is 2. The van der Waals surface area contributed by atoms with Gasteiger partial charge in [-0.2, -0.15) is 0 Å². The van der Waals surface area contributed by atoms with Gasteiger partial charge in [0.25, 0.3) is 0 Å². The van der Waals surface area contributed by atoms with Crippen LogP contribution < -0.4 is 15.8 Å². The van der Waals surface area contributed by atoms with E-state index in [4.69, 9.17) is 0 Å². The van der Waals surface area contributed by atoms with E-state index >= 15 is 0 Å². The Balaban J connectivity index is 1.57. The van der Waals surface area contributed by atoms with Crippen LogP contribution in [0.1, 0.15) is 11.1 Å². The van der Waals surface area contributed by atoms with Gasteiger partial charge < -0.3 is 10.2 Å². The number of fused-ring (bicyclic) bond motifs is 1. The third-order valence-corrected chi connectivity index (χ3v) is 5.69. The van der Waals surface area contributed by atoms with Crippen LogP contribution in [0.3, 0.4) is 0 Å². The Morgan fingerprint density at radius 1 is 1.11 bits per heavy atom. The molecule has 146 valence electrons. The number of nitrogens with zero attached hydrogens (tertiary/aromatic N) is 2. The normalized spacial score (nSPS) is 24.9. The molecule has 2 aromatic carbocycles. The largest absolute Gasteiger partial charge is 0.326 e. The van der Waals surface area contributed by atoms with Gasteiger partial charge in [-0.25, -0.2) is 10.4 Å². The summed E-state index contributed by atoms with van der Waals surface area (Å²) in [6.07, 6.45) is 0. The van der Waals surface area contributed by atoms with Crippen molar-refractivity contribution in [2.24, 2.45) is 11.8 Å². The van der Waals surface area contributed by atoms with Gasteiger partial charge in [0.15, 0.2) is 0 Å². The van der Waals surface area contributed by atoms with Crippen molar-refractivity contribution in [3.8, 4) is 0 Å². The highest BCUT2D eigenvalue weighted by Crippen LogP contribution is 2.32. The van der Waals surface area contributed by atoms with Gasteiger partial charge in [0.2, 0.25) is 11.8 Å². The Morgan fingerprint density at radius 2 is 1.86 bits per heavy atom. The van der Waals surface area contributed by atoms with Crippen LogP contribution in [0.5, 0.6) is 0 Å². The average Bonchev–Trinajstić information content (AvgIpc) is 3.00. The van der Waals surface area contributed by atoms with Crippen molar-refractivity contribution >= 4 is 23.2 Å². The second-order valence-corrected chi connectivity index (χ2v) is 7.91. The van der Waals surface area contributed by atoms with E-state index in [2.05, 4.69) is 21.7 Å². The van der Waals surface area contributed by atoms with Crippen molar-refractivity contribution in [3.63, 3.8) is 0 Å². The zero-order chi connectivity index (χ0) is 19.8. The van der Waals surface area contributed by atoms with Crippen LogP contribution in [-0.4, -0.2) is 42.9 Å². The molecule has 2 heterocycles. The highest BCUT2D eigenvalue weighted by atomic mass is 16.2. The number of anilines is 2. The van der Waals surface area contributed by atoms with Crippen LogP contribution in [0, 0.1) is 25.7 Å². The Kier molecular flexibility index (Phi) is 4.91. The van der Waals surface area contributed by atoms with E-state index in [0.717, 1.165) is 22.5 Å². The fraction of sp³-hybridized carbons (Fsp3) is 0.364. The minimum Gasteiger partial charge on any atom is -0.326 e. The number of amides is 2. The summed E-state index contributed by atoms with van der Waals surface area (Å²) in [7, 11) is 1.96. The van der Waals surface area contributed by atoms with Gasteiger partial charge >= 0.3 is 0 Å². The zero-order valence-corrected chi connectivity index (χ0v) is 16.5. The van der Waals surface area contributed by atoms with Gasteiger partial charge in [0.1, 0.15) is 0 Å². The van der Waals surface area contributed by atoms with Gasteiger partial charge in [-0.05, 0) is 44.7 Å². The fourth-order valence-electron chi connectivity index (χ4n) is 4.25. The Hall–Kier alpha value is -2.70. The number of para-hydroxylation sites is 1. The molecule has 2 aliphatic rings. The maximum atomic E-state index is 13.1. The summed E-state index contributed by atoms with van der Waals surface area (Å²) in [6, 6.07) is 15.3. The van der Waals surface area contributed by atoms with Crippen molar-refractivity contribution in [2.75, 3.05) is 30.5 Å². The van der Waals surface area contributed by atoms with Crippen LogP contribution in [0.15, 0.2) is 48.5 Å². The lowest BCUT2D eigenvalue weighted by Gasteiger charge is -2.36. The predicted octanol–water partition coefficient (Wildman–Crippen LogP) is 2.34. The van der Waals surface area contributed by atoms with E-state index in [-0.39, 0.29) is 29.7 Å². The molecule has 0 aromatic heterocycles. The molecule has 0 bridgehead atoms. The van der Waals surface area contributed by atoms with Crippen molar-refractivity contribution in [2.45, 2.75) is 19.9 Å². The maximum absolute atomic E-state index is 13.1. The highest BCUT2D eigenvalue weighted by Gasteiger charge is 2.50. The summed E-state index contributed by atoms with van der Waals surface area (Å²) < 4.78 is 0. The molecule has 0 radical (unpaired) electrons. The molecule has 0 spiro atoms. The molecule has 2 amide bonds. The molecule has 2 N–H and O–H groups in total. The molecule has 28 heavy (non-hydrogen) atoms. The highest BCUT2D eigenvalue weighted by molar-refractivity contribution is 6.00. The van der Waals surface area contributed by atoms with E-state index in [1.807, 2.05) is 63.4 Å². The first-order valence-corrected chi connectivity index (χ1v) is 9.66. The number of benzene rings is 2. The quantitative estimate of drug-likeness (QED) is 0.861. The number of nitrogens with one attached hydrogen (secondary N) is 2. The van der Waals surface area contributed by atoms with Crippen LogP contribution in [-0.2, 0) is 9.59 Å². The number of hydrazine groups is 1. The van der Waals surface area contributed by atoms with Crippen molar-refractivity contribution in [3.05, 3.63) is 59.7 Å². The van der Waals surface area contributed by atoms with E-state index in [0.29, 0.717) is 13.1 Å². The summed E-state index contributed by atoms with van der Waals surface area (Å²) in [5.41, 5.74) is 7.14. The Morgan fingerprint density at radius 3 is 2.57 bits per heavy atom. The van der Waals surface area contributed by atoms with Crippen LogP contribution in [0.2, 0.25) is 0 Å². The summed E-state index contributed by atoms with van der Waals surface area (Å²) in [5.74, 6) is -0.591. The first-order chi connectivity index (χ1) is 13.4. The van der Waals surface area contributed by atoms with Gasteiger partial charge in [-0.3, -0.25) is 9.59 Å². The van der Waals surface area contributed by atoms with Gasteiger partial charge in [-0.15, -0.1) is 0 Å². The molecule has 2 saturated heterocycles. The maximum Gasteiger partial charge on any atom is 0.247 e. The Labute approximate surface area is 165 Å². The Bertz CT molecular complexity index is 899. The standard InChI is InChI=1S/C22H26N4O2/c1-14-9-10-19(15(2)11-14)23-21(27)17-12-25(3)13-18-20(17)24-26(22(18)28)16-7-5-4-6-8-16/h4-11,17-18,20,24H,12-13H2,1-3H3,(H,23,27). The molecule has 6 nitrogen and oxygen atoms in total. The molecule has 6 heteroatoms. The molecule has 3 atom stereocenters. The smallest absolute Gasteiger partial charge is 0.247 e. The molecular weight excluding hydrogens is 352 g/mol. The summed E-state index contributed by atoms with van der Waals surface area (Å²) >= 11 is 0. The lowest BCUT2D eigenvalue weighted by Crippen LogP contribution is -2.55. The number of carbonyl (C=O) groups is 2. The number of piperidine rings is 1. The van der Waals surface area contributed by atoms with Crippen molar-refractivity contribution in [1.82, 2.24) is 10.3 Å². The number of hydrogen-bond acceptors (Lipinski definition) is 4. The number of hydrogen-bond donors (Lipinski definition) is 2. The van der Waals surface area contributed by atoms with Crippen LogP contribution in [0.25, 0.3) is 0 Å². The van der Waals surface area contributed by atoms with Gasteiger partial charge in [-0.1, -0.05) is 35.9 Å². The minimum absolute atomic E-state index is 0.0204. The number of rotatable bonds is 3. The lowest BCUT2D eigenvalue weighted by molar-refractivity contribution is -0.125. The summed E-state index contributed by atoms with van der Waals surface area (Å²) in [4.78, 5) is 28.2. The third-order valence-electron chi connectivity index (χ3n) is 5.69. The summed E-state index contributed by atoms with van der Waals surface area (Å²) in [5, 5.41) is 4.68. The molecule has 3 unspecified atom stereocenters. The van der Waals surface area contributed by atoms with Gasteiger partial charge in [0.05, 0.1) is 23.6 Å². The summed E-state index contributed by atoms with van der Waals surface area (Å²) in [6.45, 7) is 5.28. The topological polar surface area (TPSA) is 64.7 Å². The molecule has 0 saturated carbocycles. The van der Waals surface area contributed by atoms with Crippen molar-refractivity contribution in [1.29, 1.82) is 0 Å². The zero-order valence-electron chi connectivity index (χ0n) is 16.5. The van der Waals surface area contributed by atoms with E-state index < -0.39 is 0 Å². The first-order valence-electron chi connectivity index (χ1n) is 9.66. The first kappa shape index (κ1) is 18.7. The van der Waals surface area contributed by atoms with Crippen molar-refractivity contribution < 1.29 is 9.59 Å². The minimum atomic E-state index is -0.317.